The molecule has 10 heteroatoms. The number of nitrogens with zero attached hydrogens (tertiary/aromatic N) is 4. The van der Waals surface area contributed by atoms with Gasteiger partial charge in [0.15, 0.2) is 0 Å². The smallest absolute Gasteiger partial charge is 0.243 e. The van der Waals surface area contributed by atoms with E-state index in [1.807, 2.05) is 0 Å². The number of halogens is 1. The third kappa shape index (κ3) is 4.30. The lowest BCUT2D eigenvalue weighted by molar-refractivity contribution is -0.00486. The van der Waals surface area contributed by atoms with Crippen LogP contribution in [0.1, 0.15) is 17.4 Å². The molecule has 1 saturated heterocycles. The number of pyridine rings is 1. The van der Waals surface area contributed by atoms with Gasteiger partial charge in [0.05, 0.1) is 23.4 Å². The van der Waals surface area contributed by atoms with Crippen LogP contribution in [0, 0.1) is 12.7 Å². The van der Waals surface area contributed by atoms with Gasteiger partial charge in [0.25, 0.3) is 0 Å². The first-order valence-electron chi connectivity index (χ1n) is 9.31. The van der Waals surface area contributed by atoms with Crippen LogP contribution in [0.2, 0.25) is 0 Å². The Morgan fingerprint density at radius 3 is 2.83 bits per heavy atom. The molecule has 4 rings (SSSR count). The quantitative estimate of drug-likeness (QED) is 0.666. The van der Waals surface area contributed by atoms with Crippen molar-refractivity contribution in [2.75, 3.05) is 25.0 Å². The van der Waals surface area contributed by atoms with E-state index in [1.54, 1.807) is 43.7 Å². The van der Waals surface area contributed by atoms with Gasteiger partial charge in [0, 0.05) is 25.5 Å². The van der Waals surface area contributed by atoms with Gasteiger partial charge in [0.2, 0.25) is 10.0 Å². The molecule has 0 radical (unpaired) electrons. The normalized spacial score (nSPS) is 17.6. The molecule has 0 saturated carbocycles. The Morgan fingerprint density at radius 1 is 1.20 bits per heavy atom. The number of nitrogens with one attached hydrogen (secondary N) is 1. The zero-order chi connectivity index (χ0) is 21.1. The van der Waals surface area contributed by atoms with Gasteiger partial charge in [-0.1, -0.05) is 12.1 Å². The molecule has 3 heterocycles. The summed E-state index contributed by atoms with van der Waals surface area (Å²) in [7, 11) is -3.85. The first-order chi connectivity index (χ1) is 14.4. The maximum absolute atomic E-state index is 13.9. The topological polar surface area (TPSA) is 97.3 Å². The number of sulfonamides is 1. The molecule has 8 nitrogen and oxygen atoms in total. The maximum atomic E-state index is 13.9. The Bertz CT molecular complexity index is 1140. The second-order valence-corrected chi connectivity index (χ2v) is 8.73. The summed E-state index contributed by atoms with van der Waals surface area (Å²) >= 11 is 0. The van der Waals surface area contributed by atoms with E-state index in [2.05, 4.69) is 20.3 Å². The first-order valence-corrected chi connectivity index (χ1v) is 10.8. The molecule has 0 amide bonds. The van der Waals surface area contributed by atoms with E-state index in [4.69, 9.17) is 4.74 Å². The van der Waals surface area contributed by atoms with Crippen LogP contribution in [-0.2, 0) is 14.8 Å². The van der Waals surface area contributed by atoms with Gasteiger partial charge in [0.1, 0.15) is 23.6 Å². The molecule has 1 N–H and O–H groups in total. The molecule has 156 valence electrons. The van der Waals surface area contributed by atoms with Crippen molar-refractivity contribution in [2.45, 2.75) is 17.9 Å². The second kappa shape index (κ2) is 8.42. The highest BCUT2D eigenvalue weighted by atomic mass is 32.2. The third-order valence-corrected chi connectivity index (χ3v) is 6.59. The summed E-state index contributed by atoms with van der Waals surface area (Å²) in [6.07, 6.45) is 4.15. The maximum Gasteiger partial charge on any atom is 0.243 e. The Balaban J connectivity index is 1.54. The van der Waals surface area contributed by atoms with E-state index >= 15 is 0 Å². The average molecular weight is 429 g/mol. The lowest BCUT2D eigenvalue weighted by Crippen LogP contribution is -2.42. The number of benzene rings is 1. The molecule has 1 aromatic carbocycles. The van der Waals surface area contributed by atoms with Crippen molar-refractivity contribution in [3.63, 3.8) is 0 Å². The summed E-state index contributed by atoms with van der Waals surface area (Å²) < 4.78 is 47.0. The predicted octanol–water partition coefficient (Wildman–Crippen LogP) is 2.82. The van der Waals surface area contributed by atoms with Crippen molar-refractivity contribution in [3.05, 3.63) is 72.1 Å². The molecule has 1 aliphatic rings. The largest absolute Gasteiger partial charge is 0.369 e. The molecule has 1 aliphatic heterocycles. The number of aryl methyl sites for hydroxylation is 1. The third-order valence-electron chi connectivity index (χ3n) is 4.73. The van der Waals surface area contributed by atoms with E-state index < -0.39 is 21.9 Å². The number of rotatable bonds is 5. The Morgan fingerprint density at radius 2 is 2.07 bits per heavy atom. The molecule has 1 unspecified atom stereocenters. The summed E-state index contributed by atoms with van der Waals surface area (Å²) in [4.78, 5) is 12.6. The van der Waals surface area contributed by atoms with Crippen LogP contribution in [0.25, 0.3) is 0 Å². The van der Waals surface area contributed by atoms with Crippen LogP contribution >= 0.6 is 0 Å². The van der Waals surface area contributed by atoms with E-state index in [-0.39, 0.29) is 24.6 Å². The molecule has 1 atom stereocenters. The lowest BCUT2D eigenvalue weighted by atomic mass is 10.2. The van der Waals surface area contributed by atoms with Crippen molar-refractivity contribution < 1.29 is 17.5 Å². The van der Waals surface area contributed by atoms with Crippen LogP contribution in [0.4, 0.5) is 16.0 Å². The highest BCUT2D eigenvalue weighted by Gasteiger charge is 2.32. The summed E-state index contributed by atoms with van der Waals surface area (Å²) in [5.74, 6) is 0.528. The minimum absolute atomic E-state index is 0.0720. The van der Waals surface area contributed by atoms with Gasteiger partial charge < -0.3 is 10.1 Å². The molecular weight excluding hydrogens is 409 g/mol. The highest BCUT2D eigenvalue weighted by Crippen LogP contribution is 2.27. The highest BCUT2D eigenvalue weighted by molar-refractivity contribution is 7.89. The van der Waals surface area contributed by atoms with Gasteiger partial charge >= 0.3 is 0 Å². The molecule has 30 heavy (non-hydrogen) atoms. The Kier molecular flexibility index (Phi) is 5.71. The number of hydrogen-bond donors (Lipinski definition) is 1. The Labute approximate surface area is 173 Å². The van der Waals surface area contributed by atoms with Gasteiger partial charge in [-0.05, 0) is 36.8 Å². The molecule has 2 aromatic heterocycles. The molecule has 3 aromatic rings. The van der Waals surface area contributed by atoms with E-state index in [9.17, 15) is 12.8 Å². The minimum atomic E-state index is -3.85. The molecule has 0 spiro atoms. The average Bonchev–Trinajstić information content (AvgIpc) is 2.76. The summed E-state index contributed by atoms with van der Waals surface area (Å²) in [5.41, 5.74) is 0.976. The van der Waals surface area contributed by atoms with Crippen LogP contribution < -0.4 is 5.32 Å². The zero-order valence-corrected chi connectivity index (χ0v) is 17.0. The number of anilines is 2. The minimum Gasteiger partial charge on any atom is -0.369 e. The van der Waals surface area contributed by atoms with Crippen LogP contribution in [0.5, 0.6) is 0 Å². The number of aromatic nitrogens is 3. The van der Waals surface area contributed by atoms with Crippen molar-refractivity contribution in [2.24, 2.45) is 0 Å². The zero-order valence-electron chi connectivity index (χ0n) is 16.2. The second-order valence-electron chi connectivity index (χ2n) is 6.80. The lowest BCUT2D eigenvalue weighted by Gasteiger charge is -2.32. The predicted molar refractivity (Wildman–Crippen MR) is 108 cm³/mol. The van der Waals surface area contributed by atoms with Gasteiger partial charge in [-0.15, -0.1) is 0 Å². The van der Waals surface area contributed by atoms with Crippen molar-refractivity contribution in [1.29, 1.82) is 0 Å². The standard InChI is InChI=1S/C20H20FN5O3S/c1-14-5-6-15(11-16(14)21)30(27,28)26-9-10-29-18(13-26)17-3-2-4-19(24-17)25-20-12-22-7-8-23-20/h2-8,11-12,18H,9-10,13H2,1H3,(H,23,24,25). The van der Waals surface area contributed by atoms with E-state index in [1.165, 1.54) is 16.4 Å². The Hall–Kier alpha value is -2.95. The fourth-order valence-electron chi connectivity index (χ4n) is 3.10. The van der Waals surface area contributed by atoms with Crippen LogP contribution in [0.3, 0.4) is 0 Å². The summed E-state index contributed by atoms with van der Waals surface area (Å²) in [6.45, 7) is 2.07. The van der Waals surface area contributed by atoms with Crippen molar-refractivity contribution >= 4 is 21.7 Å². The van der Waals surface area contributed by atoms with Crippen molar-refractivity contribution in [1.82, 2.24) is 19.3 Å². The van der Waals surface area contributed by atoms with Crippen LogP contribution in [0.15, 0.2) is 59.9 Å². The van der Waals surface area contributed by atoms with Gasteiger partial charge in [-0.3, -0.25) is 4.98 Å². The number of ether oxygens (including phenoxy) is 1. The molecule has 0 bridgehead atoms. The SMILES string of the molecule is Cc1ccc(S(=O)(=O)N2CCOC(c3cccc(Nc4cnccn4)n3)C2)cc1F. The molecule has 1 fully saturated rings. The number of hydrogen-bond acceptors (Lipinski definition) is 7. The van der Waals surface area contributed by atoms with Gasteiger partial charge in [-0.2, -0.15) is 4.31 Å². The monoisotopic (exact) mass is 429 g/mol. The van der Waals surface area contributed by atoms with E-state index in [0.29, 0.717) is 22.9 Å². The summed E-state index contributed by atoms with van der Waals surface area (Å²) in [5, 5.41) is 3.05. The number of morpholine rings is 1. The molecule has 0 aliphatic carbocycles. The van der Waals surface area contributed by atoms with Crippen LogP contribution in [-0.4, -0.2) is 47.4 Å². The fourth-order valence-corrected chi connectivity index (χ4v) is 4.54. The fraction of sp³-hybridized carbons (Fsp3) is 0.250. The van der Waals surface area contributed by atoms with Gasteiger partial charge in [-0.25, -0.2) is 22.8 Å². The summed E-state index contributed by atoms with van der Waals surface area (Å²) in [6, 6.07) is 9.27. The van der Waals surface area contributed by atoms with Crippen molar-refractivity contribution in [3.8, 4) is 0 Å². The molecular formula is C20H20FN5O3S. The first kappa shape index (κ1) is 20.3. The van der Waals surface area contributed by atoms with E-state index in [0.717, 1.165) is 6.07 Å².